The summed E-state index contributed by atoms with van der Waals surface area (Å²) in [4.78, 5) is 25.2. The molecule has 146 valence electrons. The molecule has 0 aliphatic rings. The molecule has 0 saturated carbocycles. The largest absolute Gasteiger partial charge is 0.478 e. The van der Waals surface area contributed by atoms with Gasteiger partial charge >= 0.3 is 5.97 Å². The molecule has 5 nitrogen and oxygen atoms in total. The van der Waals surface area contributed by atoms with E-state index in [4.69, 9.17) is 5.84 Å². The lowest BCUT2D eigenvalue weighted by molar-refractivity contribution is 0.0693. The lowest BCUT2D eigenvalue weighted by atomic mass is 9.80. The van der Waals surface area contributed by atoms with E-state index in [1.807, 2.05) is 24.3 Å². The molecule has 0 spiro atoms. The maximum Gasteiger partial charge on any atom is 0.337 e. The quantitative estimate of drug-likeness (QED) is 0.122. The molecule has 0 fully saturated rings. The monoisotopic (exact) mass is 402 g/mol. The van der Waals surface area contributed by atoms with Crippen molar-refractivity contribution >= 4 is 76.5 Å². The Hall–Kier alpha value is -4.22. The Morgan fingerprint density at radius 3 is 1.32 bits per heavy atom. The average Bonchev–Trinajstić information content (AvgIpc) is 2.80. The van der Waals surface area contributed by atoms with Gasteiger partial charge in [0.1, 0.15) is 0 Å². The Kier molecular flexibility index (Phi) is 2.82. The van der Waals surface area contributed by atoms with Crippen LogP contribution in [0.1, 0.15) is 20.7 Å². The number of hydrogen-bond acceptors (Lipinski definition) is 3. The minimum absolute atomic E-state index is 0.0183. The van der Waals surface area contributed by atoms with Gasteiger partial charge in [-0.15, -0.1) is 0 Å². The molecule has 0 aromatic heterocycles. The summed E-state index contributed by atoms with van der Waals surface area (Å²) in [5, 5.41) is 21.8. The molecule has 0 heterocycles. The Balaban J connectivity index is 1.98. The van der Waals surface area contributed by atoms with E-state index in [0.29, 0.717) is 10.8 Å². The summed E-state index contributed by atoms with van der Waals surface area (Å²) in [6.07, 6.45) is 0. The number of nitrogens with two attached hydrogens (primary N) is 1. The van der Waals surface area contributed by atoms with Crippen LogP contribution >= 0.6 is 0 Å². The summed E-state index contributed by atoms with van der Waals surface area (Å²) < 4.78 is 0. The van der Waals surface area contributed by atoms with Crippen LogP contribution in [0.5, 0.6) is 0 Å². The van der Waals surface area contributed by atoms with Gasteiger partial charge in [-0.2, -0.15) is 0 Å². The summed E-state index contributed by atoms with van der Waals surface area (Å²) >= 11 is 0. The molecule has 4 N–H and O–H groups in total. The number of carboxylic acid groups (broad SMARTS) is 1. The summed E-state index contributed by atoms with van der Waals surface area (Å²) in [7, 11) is 0. The fraction of sp³-hybridized carbons (Fsp3) is 0. The average molecular weight is 402 g/mol. The van der Waals surface area contributed by atoms with Gasteiger partial charge in [0.05, 0.1) is 11.1 Å². The highest BCUT2D eigenvalue weighted by molar-refractivity contribution is 6.46. The molecule has 0 unspecified atom stereocenters. The fourth-order valence-electron chi connectivity index (χ4n) is 5.60. The van der Waals surface area contributed by atoms with Crippen LogP contribution in [0.4, 0.5) is 0 Å². The number of aromatic carboxylic acids is 1. The smallest absolute Gasteiger partial charge is 0.337 e. The summed E-state index contributed by atoms with van der Waals surface area (Å²) in [5.41, 5.74) is 2.23. The molecule has 7 aromatic rings. The number of carbonyl (C=O) groups is 2. The van der Waals surface area contributed by atoms with Crippen LogP contribution < -0.4 is 11.3 Å². The van der Waals surface area contributed by atoms with Gasteiger partial charge in [0, 0.05) is 0 Å². The number of nitrogen functional groups attached to an aromatic ring is 1. The van der Waals surface area contributed by atoms with Crippen molar-refractivity contribution in [2.24, 2.45) is 5.84 Å². The molecule has 0 bridgehead atoms. The second-order valence-electron chi connectivity index (χ2n) is 8.09. The van der Waals surface area contributed by atoms with Crippen LogP contribution in [0, 0.1) is 0 Å². The predicted molar refractivity (Wildman–Crippen MR) is 124 cm³/mol. The van der Waals surface area contributed by atoms with Crippen molar-refractivity contribution in [3.05, 3.63) is 71.8 Å². The van der Waals surface area contributed by atoms with Gasteiger partial charge in [0.15, 0.2) is 0 Å². The van der Waals surface area contributed by atoms with Crippen LogP contribution in [0.25, 0.3) is 64.6 Å². The first-order valence-electron chi connectivity index (χ1n) is 9.97. The van der Waals surface area contributed by atoms with Crippen molar-refractivity contribution in [2.75, 3.05) is 0 Å². The van der Waals surface area contributed by atoms with Crippen LogP contribution in [-0.4, -0.2) is 17.0 Å². The third kappa shape index (κ3) is 1.77. The maximum absolute atomic E-state index is 12.8. The normalized spacial score (nSPS) is 12.4. The molecule has 5 heteroatoms. The second kappa shape index (κ2) is 5.28. The summed E-state index contributed by atoms with van der Waals surface area (Å²) in [6, 6.07) is 20.2. The molecular formula is C26H14N2O3. The first-order valence-corrected chi connectivity index (χ1v) is 9.97. The van der Waals surface area contributed by atoms with Crippen molar-refractivity contribution in [3.8, 4) is 0 Å². The number of nitrogens with one attached hydrogen (secondary N) is 1. The zero-order chi connectivity index (χ0) is 21.0. The number of carbonyl (C=O) groups excluding carboxylic acids is 1. The van der Waals surface area contributed by atoms with Gasteiger partial charge in [-0.05, 0) is 64.6 Å². The zero-order valence-corrected chi connectivity index (χ0v) is 16.1. The number of rotatable bonds is 2. The SMILES string of the molecule is NNC(=O)c1c(C(=O)O)c2ccc3ccc4ccc5ccc6ccc1c1c6c5c4c3c21. The lowest BCUT2D eigenvalue weighted by Gasteiger charge is -2.23. The number of amides is 1. The van der Waals surface area contributed by atoms with Crippen molar-refractivity contribution in [1.82, 2.24) is 5.43 Å². The van der Waals surface area contributed by atoms with E-state index in [9.17, 15) is 14.7 Å². The fourth-order valence-corrected chi connectivity index (χ4v) is 5.60. The van der Waals surface area contributed by atoms with Crippen LogP contribution in [0.15, 0.2) is 60.7 Å². The highest BCUT2D eigenvalue weighted by atomic mass is 16.4. The Morgan fingerprint density at radius 1 is 0.581 bits per heavy atom. The summed E-state index contributed by atoms with van der Waals surface area (Å²) in [5.74, 6) is 3.71. The Morgan fingerprint density at radius 2 is 0.935 bits per heavy atom. The van der Waals surface area contributed by atoms with E-state index in [1.165, 1.54) is 0 Å². The molecule has 0 aliphatic heterocycles. The van der Waals surface area contributed by atoms with E-state index in [2.05, 4.69) is 41.8 Å². The summed E-state index contributed by atoms with van der Waals surface area (Å²) in [6.45, 7) is 0. The molecule has 0 atom stereocenters. The lowest BCUT2D eigenvalue weighted by Crippen LogP contribution is -2.31. The predicted octanol–water partition coefficient (Wildman–Crippen LogP) is 5.22. The molecule has 7 aromatic carbocycles. The Bertz CT molecular complexity index is 1860. The van der Waals surface area contributed by atoms with E-state index in [1.54, 1.807) is 0 Å². The van der Waals surface area contributed by atoms with Gasteiger partial charge in [-0.1, -0.05) is 60.7 Å². The van der Waals surface area contributed by atoms with Crippen LogP contribution in [-0.2, 0) is 0 Å². The highest BCUT2D eigenvalue weighted by Gasteiger charge is 2.28. The topological polar surface area (TPSA) is 92.4 Å². The van der Waals surface area contributed by atoms with Gasteiger partial charge in [0.2, 0.25) is 0 Å². The van der Waals surface area contributed by atoms with Crippen molar-refractivity contribution in [3.63, 3.8) is 0 Å². The Labute approximate surface area is 174 Å². The minimum Gasteiger partial charge on any atom is -0.478 e. The van der Waals surface area contributed by atoms with E-state index < -0.39 is 11.9 Å². The van der Waals surface area contributed by atoms with Gasteiger partial charge in [0.25, 0.3) is 5.91 Å². The molecule has 0 radical (unpaired) electrons. The van der Waals surface area contributed by atoms with Crippen LogP contribution in [0.2, 0.25) is 0 Å². The number of hydrazine groups is 1. The molecular weight excluding hydrogens is 388 g/mol. The third-order valence-electron chi connectivity index (χ3n) is 6.74. The second-order valence-corrected chi connectivity index (χ2v) is 8.09. The first kappa shape index (κ1) is 16.6. The standard InChI is InChI=1S/C26H14N2O3/c27-28-25(29)23-15-9-7-13-5-3-11-1-2-12-4-6-14-8-10-16(24(23)26(30)31)22-20(14)18(12)17(11)19(13)21(15)22/h1-10H,27H2,(H,28,29)(H,30,31). The molecule has 7 rings (SSSR count). The van der Waals surface area contributed by atoms with Gasteiger partial charge in [-0.25, -0.2) is 10.6 Å². The maximum atomic E-state index is 12.8. The van der Waals surface area contributed by atoms with E-state index in [0.717, 1.165) is 53.9 Å². The third-order valence-corrected chi connectivity index (χ3v) is 6.74. The number of benzene rings is 7. The first-order chi connectivity index (χ1) is 15.1. The molecule has 0 aliphatic carbocycles. The van der Waals surface area contributed by atoms with Crippen molar-refractivity contribution < 1.29 is 14.7 Å². The van der Waals surface area contributed by atoms with Gasteiger partial charge in [-0.3, -0.25) is 10.2 Å². The highest BCUT2D eigenvalue weighted by Crippen LogP contribution is 2.49. The number of carboxylic acids is 1. The van der Waals surface area contributed by atoms with E-state index in [-0.39, 0.29) is 11.1 Å². The van der Waals surface area contributed by atoms with Gasteiger partial charge < -0.3 is 5.11 Å². The zero-order valence-electron chi connectivity index (χ0n) is 16.1. The molecule has 0 saturated heterocycles. The minimum atomic E-state index is -1.15. The van der Waals surface area contributed by atoms with Crippen LogP contribution in [0.3, 0.4) is 0 Å². The van der Waals surface area contributed by atoms with E-state index >= 15 is 0 Å². The van der Waals surface area contributed by atoms with Crippen molar-refractivity contribution in [2.45, 2.75) is 0 Å². The molecule has 1 amide bonds. The number of hydrogen-bond donors (Lipinski definition) is 3. The van der Waals surface area contributed by atoms with Crippen molar-refractivity contribution in [1.29, 1.82) is 0 Å². The molecule has 31 heavy (non-hydrogen) atoms.